The first-order valence-corrected chi connectivity index (χ1v) is 11.6. The summed E-state index contributed by atoms with van der Waals surface area (Å²) in [6.07, 6.45) is 15.1. The number of unbranched alkanes of at least 4 members (excludes halogenated alkanes) is 11. The molecule has 0 amide bonds. The maximum atomic E-state index is 11.5. The second-order valence-corrected chi connectivity index (χ2v) is 7.51. The van der Waals surface area contributed by atoms with Crippen LogP contribution in [0.5, 0.6) is 0 Å². The van der Waals surface area contributed by atoms with Gasteiger partial charge in [-0.15, -0.1) is 0 Å². The third kappa shape index (κ3) is 16.6. The lowest BCUT2D eigenvalue weighted by molar-refractivity contribution is 0.0494. The van der Waals surface area contributed by atoms with Crippen molar-refractivity contribution < 1.29 is 14.3 Å². The molecule has 3 heteroatoms. The van der Waals surface area contributed by atoms with Crippen LogP contribution in [-0.2, 0) is 16.1 Å². The van der Waals surface area contributed by atoms with Crippen LogP contribution < -0.4 is 0 Å². The van der Waals surface area contributed by atoms with Crippen molar-refractivity contribution in [3.63, 3.8) is 0 Å². The van der Waals surface area contributed by atoms with E-state index in [4.69, 9.17) is 9.47 Å². The highest BCUT2D eigenvalue weighted by Gasteiger charge is 2.03. The minimum atomic E-state index is -0.636. The van der Waals surface area contributed by atoms with E-state index in [2.05, 4.69) is 30.6 Å². The van der Waals surface area contributed by atoms with E-state index in [0.717, 1.165) is 12.0 Å². The largest absolute Gasteiger partial charge is 0.508 e. The van der Waals surface area contributed by atoms with E-state index in [1.54, 1.807) is 0 Å². The summed E-state index contributed by atoms with van der Waals surface area (Å²) in [4.78, 5) is 11.5. The van der Waals surface area contributed by atoms with Gasteiger partial charge in [-0.25, -0.2) is 4.79 Å². The fourth-order valence-electron chi connectivity index (χ4n) is 2.99. The molecule has 1 rings (SSSR count). The Morgan fingerprint density at radius 1 is 0.733 bits per heavy atom. The zero-order valence-electron chi connectivity index (χ0n) is 18.7. The molecule has 0 fully saturated rings. The van der Waals surface area contributed by atoms with Crippen LogP contribution in [0.25, 0.3) is 0 Å². The van der Waals surface area contributed by atoms with Gasteiger partial charge in [0.2, 0.25) is 0 Å². The Morgan fingerprint density at radius 2 is 1.30 bits per heavy atom. The minimum Gasteiger partial charge on any atom is -0.434 e. The summed E-state index contributed by atoms with van der Waals surface area (Å²) in [5.74, 6) is 11.9. The molecule has 0 spiro atoms. The normalized spacial score (nSPS) is 9.77. The lowest BCUT2D eigenvalue weighted by Gasteiger charge is -2.05. The van der Waals surface area contributed by atoms with Crippen molar-refractivity contribution in [2.45, 2.75) is 97.0 Å². The molecule has 0 aromatic heterocycles. The molecule has 0 saturated heterocycles. The van der Waals surface area contributed by atoms with E-state index < -0.39 is 6.16 Å². The Balaban J connectivity index is 1.87. The Labute approximate surface area is 183 Å². The van der Waals surface area contributed by atoms with Gasteiger partial charge in [0.1, 0.15) is 6.61 Å². The lowest BCUT2D eigenvalue weighted by Crippen LogP contribution is -2.08. The smallest absolute Gasteiger partial charge is 0.434 e. The minimum absolute atomic E-state index is 0.230. The molecule has 164 valence electrons. The summed E-state index contributed by atoms with van der Waals surface area (Å²) in [6.45, 7) is 2.81. The molecule has 1 aromatic rings. The first kappa shape index (κ1) is 25.6. The second-order valence-electron chi connectivity index (χ2n) is 7.51. The average Bonchev–Trinajstić information content (AvgIpc) is 2.77. The number of rotatable bonds is 15. The summed E-state index contributed by atoms with van der Waals surface area (Å²) in [6, 6.07) is 9.54. The topological polar surface area (TPSA) is 35.5 Å². The van der Waals surface area contributed by atoms with Crippen molar-refractivity contribution in [2.75, 3.05) is 6.61 Å². The van der Waals surface area contributed by atoms with Crippen LogP contribution in [0.2, 0.25) is 0 Å². The molecule has 1 aromatic carbocycles. The van der Waals surface area contributed by atoms with Crippen LogP contribution in [0.15, 0.2) is 30.3 Å². The zero-order chi connectivity index (χ0) is 21.5. The first-order valence-electron chi connectivity index (χ1n) is 11.6. The van der Waals surface area contributed by atoms with E-state index in [0.29, 0.717) is 19.4 Å². The van der Waals surface area contributed by atoms with Crippen LogP contribution in [-0.4, -0.2) is 12.8 Å². The fraction of sp³-hybridized carbons (Fsp3) is 0.593. The van der Waals surface area contributed by atoms with Gasteiger partial charge in [0, 0.05) is 12.8 Å². The molecule has 0 heterocycles. The van der Waals surface area contributed by atoms with Crippen LogP contribution >= 0.6 is 0 Å². The molecule has 3 nitrogen and oxygen atoms in total. The summed E-state index contributed by atoms with van der Waals surface area (Å²) in [5, 5.41) is 0. The van der Waals surface area contributed by atoms with Gasteiger partial charge in [-0.2, -0.15) is 0 Å². The molecular formula is C27H38O3. The van der Waals surface area contributed by atoms with E-state index >= 15 is 0 Å². The molecule has 30 heavy (non-hydrogen) atoms. The van der Waals surface area contributed by atoms with Gasteiger partial charge >= 0.3 is 6.16 Å². The van der Waals surface area contributed by atoms with E-state index in [-0.39, 0.29) is 6.61 Å². The number of carbonyl (C=O) groups excluding carboxylic acids is 1. The number of carbonyl (C=O) groups is 1. The summed E-state index contributed by atoms with van der Waals surface area (Å²) < 4.78 is 10.1. The molecule has 0 N–H and O–H groups in total. The molecule has 0 unspecified atom stereocenters. The van der Waals surface area contributed by atoms with Gasteiger partial charge in [-0.1, -0.05) is 107 Å². The molecule has 0 aliphatic heterocycles. The predicted octanol–water partition coefficient (Wildman–Crippen LogP) is 7.44. The standard InChI is InChI=1S/C27H38O3/c1-2-3-4-5-6-7-8-9-10-11-12-13-14-15-16-17-21-24-29-27(28)30-25-26-22-19-18-20-23-26/h18-20,22-23H,2-12,17,21,24-25H2,1H3. The molecule has 0 aliphatic carbocycles. The van der Waals surface area contributed by atoms with Crippen LogP contribution in [0, 0.1) is 23.7 Å². The zero-order valence-corrected chi connectivity index (χ0v) is 18.7. The third-order valence-electron chi connectivity index (χ3n) is 4.76. The molecule has 0 bridgehead atoms. The van der Waals surface area contributed by atoms with Gasteiger partial charge in [-0.3, -0.25) is 0 Å². The highest BCUT2D eigenvalue weighted by molar-refractivity contribution is 5.59. The highest BCUT2D eigenvalue weighted by Crippen LogP contribution is 2.11. The highest BCUT2D eigenvalue weighted by atomic mass is 16.7. The summed E-state index contributed by atoms with van der Waals surface area (Å²) in [5.41, 5.74) is 0.941. The number of benzene rings is 1. The molecule has 0 aliphatic rings. The quantitative estimate of drug-likeness (QED) is 0.171. The SMILES string of the molecule is CCCCCCCCCCCCC#CC#CCCCOC(=O)OCc1ccccc1. The fourth-order valence-corrected chi connectivity index (χ4v) is 2.99. The van der Waals surface area contributed by atoms with E-state index in [9.17, 15) is 4.79 Å². The molecule has 0 radical (unpaired) electrons. The summed E-state index contributed by atoms with van der Waals surface area (Å²) in [7, 11) is 0. The Hall–Kier alpha value is -2.39. The molecule has 0 saturated carbocycles. The first-order chi connectivity index (χ1) is 14.8. The van der Waals surface area contributed by atoms with Crippen molar-refractivity contribution in [1.82, 2.24) is 0 Å². The predicted molar refractivity (Wildman–Crippen MR) is 124 cm³/mol. The summed E-state index contributed by atoms with van der Waals surface area (Å²) >= 11 is 0. The van der Waals surface area contributed by atoms with Crippen molar-refractivity contribution in [3.8, 4) is 23.7 Å². The van der Waals surface area contributed by atoms with Crippen LogP contribution in [0.4, 0.5) is 4.79 Å². The van der Waals surface area contributed by atoms with Gasteiger partial charge < -0.3 is 9.47 Å². The average molecular weight is 411 g/mol. The van der Waals surface area contributed by atoms with Crippen molar-refractivity contribution in [3.05, 3.63) is 35.9 Å². The van der Waals surface area contributed by atoms with Gasteiger partial charge in [0.25, 0.3) is 0 Å². The Bertz CT molecular complexity index is 658. The van der Waals surface area contributed by atoms with Gasteiger partial charge in [-0.05, 0) is 30.2 Å². The number of hydrogen-bond acceptors (Lipinski definition) is 3. The van der Waals surface area contributed by atoms with Gasteiger partial charge in [0.15, 0.2) is 0 Å². The van der Waals surface area contributed by atoms with Crippen molar-refractivity contribution in [2.24, 2.45) is 0 Å². The van der Waals surface area contributed by atoms with Gasteiger partial charge in [0.05, 0.1) is 6.61 Å². The maximum Gasteiger partial charge on any atom is 0.508 e. The number of hydrogen-bond donors (Lipinski definition) is 0. The number of ether oxygens (including phenoxy) is 2. The molecule has 0 atom stereocenters. The lowest BCUT2D eigenvalue weighted by atomic mass is 10.1. The Kier molecular flexibility index (Phi) is 17.0. The van der Waals surface area contributed by atoms with Crippen LogP contribution in [0.1, 0.15) is 96.0 Å². The monoisotopic (exact) mass is 410 g/mol. The second kappa shape index (κ2) is 19.9. The third-order valence-corrected chi connectivity index (χ3v) is 4.76. The van der Waals surface area contributed by atoms with Crippen molar-refractivity contribution in [1.29, 1.82) is 0 Å². The van der Waals surface area contributed by atoms with E-state index in [1.807, 2.05) is 30.3 Å². The molecular weight excluding hydrogens is 372 g/mol. The van der Waals surface area contributed by atoms with Crippen molar-refractivity contribution >= 4 is 6.16 Å². The Morgan fingerprint density at radius 3 is 1.93 bits per heavy atom. The maximum absolute atomic E-state index is 11.5. The van der Waals surface area contributed by atoms with Crippen LogP contribution in [0.3, 0.4) is 0 Å². The van der Waals surface area contributed by atoms with E-state index in [1.165, 1.54) is 64.2 Å².